The highest BCUT2D eigenvalue weighted by Crippen LogP contribution is 2.23. The summed E-state index contributed by atoms with van der Waals surface area (Å²) in [7, 11) is 0. The fraction of sp³-hybridized carbons (Fsp3) is 0.222. The number of nitrogens with one attached hydrogen (secondary N) is 1. The van der Waals surface area contributed by atoms with Crippen molar-refractivity contribution in [3.63, 3.8) is 0 Å². The van der Waals surface area contributed by atoms with Crippen LogP contribution in [-0.2, 0) is 13.0 Å². The van der Waals surface area contributed by atoms with Gasteiger partial charge in [-0.05, 0) is 78.8 Å². The molecule has 0 saturated carbocycles. The van der Waals surface area contributed by atoms with Gasteiger partial charge in [0.05, 0.1) is 0 Å². The second-order valence-electron chi connectivity index (χ2n) is 8.96. The number of pyridine rings is 1. The quantitative estimate of drug-likeness (QED) is 0.193. The van der Waals surface area contributed by atoms with Crippen LogP contribution in [0, 0.1) is 18.7 Å². The van der Waals surface area contributed by atoms with Crippen LogP contribution in [-0.4, -0.2) is 4.98 Å². The molecule has 4 aromatic rings. The van der Waals surface area contributed by atoms with E-state index in [2.05, 4.69) is 98.1 Å². The van der Waals surface area contributed by atoms with E-state index >= 15 is 0 Å². The predicted molar refractivity (Wildman–Crippen MR) is 168 cm³/mol. The Morgan fingerprint density at radius 2 is 1.51 bits per heavy atom. The van der Waals surface area contributed by atoms with E-state index in [0.717, 1.165) is 24.3 Å². The smallest absolute Gasteiger partial charge is 0.126 e. The molecule has 0 saturated heterocycles. The molecule has 1 atom stereocenters. The number of anilines is 1. The lowest BCUT2D eigenvalue weighted by Crippen LogP contribution is -2.01. The minimum absolute atomic E-state index is 0.171. The van der Waals surface area contributed by atoms with Crippen molar-refractivity contribution in [3.8, 4) is 11.1 Å². The summed E-state index contributed by atoms with van der Waals surface area (Å²) in [6, 6.07) is 29.8. The van der Waals surface area contributed by atoms with Gasteiger partial charge in [0.25, 0.3) is 0 Å². The molecule has 3 aromatic carbocycles. The van der Waals surface area contributed by atoms with Gasteiger partial charge >= 0.3 is 0 Å². The molecule has 1 unspecified atom stereocenters. The van der Waals surface area contributed by atoms with Crippen LogP contribution in [0.1, 0.15) is 44.4 Å². The van der Waals surface area contributed by atoms with Gasteiger partial charge in [0.15, 0.2) is 0 Å². The number of aryl methyl sites for hydroxylation is 1. The van der Waals surface area contributed by atoms with Crippen molar-refractivity contribution in [2.75, 3.05) is 5.32 Å². The Labute approximate surface area is 235 Å². The molecule has 0 radical (unpaired) electrons. The Balaban J connectivity index is 0.000000486. The molecule has 0 fully saturated rings. The van der Waals surface area contributed by atoms with Crippen LogP contribution >= 0.6 is 0 Å². The monoisotopic (exact) mass is 522 g/mol. The third-order valence-corrected chi connectivity index (χ3v) is 5.75. The highest BCUT2D eigenvalue weighted by Gasteiger charge is 2.05. The maximum Gasteiger partial charge on any atom is 0.126 e. The summed E-state index contributed by atoms with van der Waals surface area (Å²) in [6.45, 7) is 21.3. The zero-order chi connectivity index (χ0) is 29.0. The molecule has 3 heteroatoms. The van der Waals surface area contributed by atoms with Crippen molar-refractivity contribution in [2.24, 2.45) is 5.92 Å². The molecule has 1 aromatic heterocycles. The van der Waals surface area contributed by atoms with Crippen LogP contribution in [0.3, 0.4) is 0 Å². The molecule has 0 amide bonds. The Hall–Kier alpha value is -4.20. The fourth-order valence-corrected chi connectivity index (χ4v) is 3.42. The summed E-state index contributed by atoms with van der Waals surface area (Å²) in [5, 5.41) is 3.36. The van der Waals surface area contributed by atoms with E-state index in [4.69, 9.17) is 0 Å². The maximum atomic E-state index is 12.1. The number of halogens is 1. The van der Waals surface area contributed by atoms with Crippen molar-refractivity contribution < 1.29 is 4.39 Å². The first-order chi connectivity index (χ1) is 18.8. The average Bonchev–Trinajstić information content (AvgIpc) is 2.96. The van der Waals surface area contributed by atoms with Crippen molar-refractivity contribution in [1.29, 1.82) is 0 Å². The number of allylic oxidation sites excluding steroid dienone is 1. The molecular weight excluding hydrogens is 479 g/mol. The van der Waals surface area contributed by atoms with Crippen LogP contribution < -0.4 is 5.32 Å². The summed E-state index contributed by atoms with van der Waals surface area (Å²) in [4.78, 5) is 4.30. The number of aromatic nitrogens is 1. The Morgan fingerprint density at radius 1 is 0.872 bits per heavy atom. The number of hydrogen-bond acceptors (Lipinski definition) is 2. The second-order valence-corrected chi connectivity index (χ2v) is 8.96. The number of hydrogen-bond donors (Lipinski definition) is 1. The van der Waals surface area contributed by atoms with Gasteiger partial charge in [-0.2, -0.15) is 0 Å². The van der Waals surface area contributed by atoms with E-state index in [1.807, 2.05) is 39.0 Å². The van der Waals surface area contributed by atoms with E-state index in [9.17, 15) is 4.39 Å². The molecule has 204 valence electrons. The van der Waals surface area contributed by atoms with Crippen LogP contribution in [0.5, 0.6) is 0 Å². The molecule has 39 heavy (non-hydrogen) atoms. The molecule has 0 spiro atoms. The van der Waals surface area contributed by atoms with Gasteiger partial charge in [0.1, 0.15) is 11.6 Å². The Morgan fingerprint density at radius 3 is 2.05 bits per heavy atom. The van der Waals surface area contributed by atoms with Crippen molar-refractivity contribution >= 4 is 5.82 Å². The van der Waals surface area contributed by atoms with Gasteiger partial charge in [-0.3, -0.25) is 0 Å². The van der Waals surface area contributed by atoms with E-state index < -0.39 is 0 Å². The third kappa shape index (κ3) is 13.2. The van der Waals surface area contributed by atoms with Crippen LogP contribution in [0.15, 0.2) is 128 Å². The number of rotatable bonds is 7. The normalized spacial score (nSPS) is 10.1. The highest BCUT2D eigenvalue weighted by atomic mass is 19.1. The number of nitrogens with zero attached hydrogens (tertiary/aromatic N) is 1. The average molecular weight is 523 g/mol. The standard InChI is InChI=1S/C24H26N2.C7H7F.C3H4.C2H6/c1-18(2)19(3)15-20-10-12-22(13-11-20)23-8-6-7-21(16-23)17-26-24-9-4-5-14-25-24;1-6-2-4-7(8)5-3-6;1-3-2;1-2/h4-14,16,19H,1,15,17H2,2-3H3,(H,25,26);2-5H,1H3;1-2H2;1-2H3. The Bertz CT molecular complexity index is 1230. The van der Waals surface area contributed by atoms with Gasteiger partial charge in [-0.15, -0.1) is 5.73 Å². The van der Waals surface area contributed by atoms with Crippen LogP contribution in [0.4, 0.5) is 10.2 Å². The van der Waals surface area contributed by atoms with E-state index in [0.29, 0.717) is 5.92 Å². The van der Waals surface area contributed by atoms with Gasteiger partial charge < -0.3 is 5.32 Å². The van der Waals surface area contributed by atoms with E-state index in [-0.39, 0.29) is 5.82 Å². The first kappa shape index (κ1) is 32.8. The lowest BCUT2D eigenvalue weighted by molar-refractivity contribution is 0.627. The van der Waals surface area contributed by atoms with Gasteiger partial charge in [0.2, 0.25) is 0 Å². The minimum Gasteiger partial charge on any atom is -0.366 e. The SMILES string of the molecule is C=C(C)C(C)Cc1ccc(-c2cccc(CNc3ccccn3)c2)cc1.C=C=C.CC.Cc1ccc(F)cc1. The molecule has 0 aliphatic rings. The maximum absolute atomic E-state index is 12.1. The summed E-state index contributed by atoms with van der Waals surface area (Å²) < 4.78 is 12.1. The number of benzene rings is 3. The molecule has 0 aliphatic carbocycles. The van der Waals surface area contributed by atoms with E-state index in [1.54, 1.807) is 18.3 Å². The highest BCUT2D eigenvalue weighted by molar-refractivity contribution is 5.64. The first-order valence-corrected chi connectivity index (χ1v) is 13.3. The third-order valence-electron chi connectivity index (χ3n) is 5.75. The molecule has 4 rings (SSSR count). The van der Waals surface area contributed by atoms with Crippen molar-refractivity contribution in [3.05, 3.63) is 151 Å². The molecular formula is C36H43FN2. The largest absolute Gasteiger partial charge is 0.366 e. The second kappa shape index (κ2) is 19.0. The topological polar surface area (TPSA) is 24.9 Å². The lowest BCUT2D eigenvalue weighted by Gasteiger charge is -2.12. The van der Waals surface area contributed by atoms with Gasteiger partial charge in [-0.1, -0.05) is 112 Å². The summed E-state index contributed by atoms with van der Waals surface area (Å²) in [5.41, 5.74) is 9.67. The molecule has 0 bridgehead atoms. The van der Waals surface area contributed by atoms with Crippen LogP contribution in [0.2, 0.25) is 0 Å². The first-order valence-electron chi connectivity index (χ1n) is 13.3. The summed E-state index contributed by atoms with van der Waals surface area (Å²) in [5.74, 6) is 1.24. The fourth-order valence-electron chi connectivity index (χ4n) is 3.42. The molecule has 2 nitrogen and oxygen atoms in total. The minimum atomic E-state index is -0.171. The van der Waals surface area contributed by atoms with Crippen molar-refractivity contribution in [2.45, 2.75) is 47.6 Å². The molecule has 0 aliphatic heterocycles. The predicted octanol–water partition coefficient (Wildman–Crippen LogP) is 10.2. The van der Waals surface area contributed by atoms with Crippen molar-refractivity contribution in [1.82, 2.24) is 4.98 Å². The van der Waals surface area contributed by atoms with Gasteiger partial charge in [0, 0.05) is 12.7 Å². The summed E-state index contributed by atoms with van der Waals surface area (Å²) >= 11 is 0. The lowest BCUT2D eigenvalue weighted by atomic mass is 9.94. The van der Waals surface area contributed by atoms with E-state index in [1.165, 1.54) is 40.0 Å². The summed E-state index contributed by atoms with van der Waals surface area (Å²) in [6.07, 6.45) is 2.85. The zero-order valence-electron chi connectivity index (χ0n) is 24.2. The molecule has 1 N–H and O–H groups in total. The van der Waals surface area contributed by atoms with Gasteiger partial charge in [-0.25, -0.2) is 9.37 Å². The zero-order valence-corrected chi connectivity index (χ0v) is 24.2. The van der Waals surface area contributed by atoms with Crippen LogP contribution in [0.25, 0.3) is 11.1 Å². The molecule has 1 heterocycles. The Kier molecular flexibility index (Phi) is 16.0.